The summed E-state index contributed by atoms with van der Waals surface area (Å²) in [4.78, 5) is 2.75. The van der Waals surface area contributed by atoms with Gasteiger partial charge in [0.2, 0.25) is 0 Å². The lowest BCUT2D eigenvalue weighted by molar-refractivity contribution is 0.0700. The third kappa shape index (κ3) is 3.65. The van der Waals surface area contributed by atoms with E-state index in [-0.39, 0.29) is 5.82 Å². The van der Waals surface area contributed by atoms with E-state index >= 15 is 0 Å². The van der Waals surface area contributed by atoms with E-state index < -0.39 is 0 Å². The van der Waals surface area contributed by atoms with Crippen LogP contribution in [0.2, 0.25) is 0 Å². The summed E-state index contributed by atoms with van der Waals surface area (Å²) in [5.41, 5.74) is 0.901. The number of rotatable bonds is 7. The molecule has 142 valence electrons. The van der Waals surface area contributed by atoms with E-state index in [9.17, 15) is 4.39 Å². The Hall–Kier alpha value is -1.46. The maximum atomic E-state index is 13.6. The van der Waals surface area contributed by atoms with Crippen LogP contribution < -0.4 is 0 Å². The van der Waals surface area contributed by atoms with Crippen molar-refractivity contribution in [3.63, 3.8) is 0 Å². The van der Waals surface area contributed by atoms with Crippen LogP contribution in [0.3, 0.4) is 0 Å². The SMILES string of the molecule is COCCC1CC2CC[C@H](C1)N2CC(C)Cn1ncc2ccc(F)cc21. The fourth-order valence-electron chi connectivity index (χ4n) is 5.11. The highest BCUT2D eigenvalue weighted by Gasteiger charge is 2.40. The standard InChI is InChI=1S/C21H30FN3O/c1-15(14-25-21-11-18(22)4-3-17(21)12-23-25)13-24-19-5-6-20(24)10-16(9-19)7-8-26-2/h3-4,11-12,15-16,19-20H,5-10,13-14H2,1-2H3/t15?,16?,19-,20?/m1/s1. The van der Waals surface area contributed by atoms with Gasteiger partial charge >= 0.3 is 0 Å². The number of halogens is 1. The van der Waals surface area contributed by atoms with Crippen molar-refractivity contribution in [3.8, 4) is 0 Å². The van der Waals surface area contributed by atoms with Gasteiger partial charge < -0.3 is 4.74 Å². The molecule has 4 nitrogen and oxygen atoms in total. The molecule has 2 aromatic rings. The van der Waals surface area contributed by atoms with Crippen LogP contribution in [0.15, 0.2) is 24.4 Å². The first-order chi connectivity index (χ1) is 12.6. The second-order valence-electron chi connectivity index (χ2n) is 8.34. The van der Waals surface area contributed by atoms with Gasteiger partial charge in [0.05, 0.1) is 11.7 Å². The lowest BCUT2D eigenvalue weighted by Crippen LogP contribution is -2.45. The van der Waals surface area contributed by atoms with Crippen LogP contribution in [0.1, 0.15) is 39.0 Å². The molecule has 3 heterocycles. The molecule has 2 aliphatic heterocycles. The molecule has 0 amide bonds. The molecule has 2 saturated heterocycles. The Morgan fingerprint density at radius 1 is 1.23 bits per heavy atom. The first kappa shape index (κ1) is 17.9. The molecule has 2 bridgehead atoms. The van der Waals surface area contributed by atoms with Gasteiger partial charge in [0.15, 0.2) is 0 Å². The Kier molecular flexibility index (Phi) is 5.28. The van der Waals surface area contributed by atoms with Crippen molar-refractivity contribution in [1.82, 2.24) is 14.7 Å². The molecule has 0 N–H and O–H groups in total. The minimum Gasteiger partial charge on any atom is -0.385 e. The summed E-state index contributed by atoms with van der Waals surface area (Å²) < 4.78 is 20.8. The topological polar surface area (TPSA) is 30.3 Å². The first-order valence-electron chi connectivity index (χ1n) is 9.99. The number of benzene rings is 1. The highest BCUT2D eigenvalue weighted by atomic mass is 19.1. The van der Waals surface area contributed by atoms with Crippen LogP contribution in [0.4, 0.5) is 4.39 Å². The summed E-state index contributed by atoms with van der Waals surface area (Å²) in [6, 6.07) is 6.39. The normalized spacial score (nSPS) is 27.3. The Bertz CT molecular complexity index is 732. The van der Waals surface area contributed by atoms with Gasteiger partial charge in [0.1, 0.15) is 5.82 Å². The van der Waals surface area contributed by atoms with E-state index in [4.69, 9.17) is 4.74 Å². The van der Waals surface area contributed by atoms with E-state index in [1.807, 2.05) is 16.9 Å². The lowest BCUT2D eigenvalue weighted by atomic mass is 9.88. The third-order valence-electron chi connectivity index (χ3n) is 6.33. The van der Waals surface area contributed by atoms with E-state index in [2.05, 4.69) is 16.9 Å². The molecule has 0 saturated carbocycles. The Morgan fingerprint density at radius 3 is 2.73 bits per heavy atom. The van der Waals surface area contributed by atoms with Crippen LogP contribution in [0.5, 0.6) is 0 Å². The highest BCUT2D eigenvalue weighted by Crippen LogP contribution is 2.40. The van der Waals surface area contributed by atoms with Gasteiger partial charge in [-0.3, -0.25) is 9.58 Å². The fraction of sp³-hybridized carbons (Fsp3) is 0.667. The average molecular weight is 359 g/mol. The molecule has 1 aromatic heterocycles. The first-order valence-corrected chi connectivity index (χ1v) is 9.99. The van der Waals surface area contributed by atoms with Crippen molar-refractivity contribution >= 4 is 10.9 Å². The highest BCUT2D eigenvalue weighted by molar-refractivity contribution is 5.78. The molecule has 3 unspecified atom stereocenters. The number of hydrogen-bond acceptors (Lipinski definition) is 3. The zero-order chi connectivity index (χ0) is 18.1. The average Bonchev–Trinajstić information content (AvgIpc) is 3.10. The van der Waals surface area contributed by atoms with Crippen molar-refractivity contribution in [2.24, 2.45) is 11.8 Å². The largest absolute Gasteiger partial charge is 0.385 e. The van der Waals surface area contributed by atoms with Crippen molar-refractivity contribution in [2.75, 3.05) is 20.3 Å². The summed E-state index contributed by atoms with van der Waals surface area (Å²) >= 11 is 0. The van der Waals surface area contributed by atoms with E-state index in [0.29, 0.717) is 5.92 Å². The molecule has 2 fully saturated rings. The summed E-state index contributed by atoms with van der Waals surface area (Å²) in [5.74, 6) is 1.14. The van der Waals surface area contributed by atoms with E-state index in [1.54, 1.807) is 13.2 Å². The molecule has 2 aliphatic rings. The van der Waals surface area contributed by atoms with Crippen LogP contribution in [0.25, 0.3) is 10.9 Å². The van der Waals surface area contributed by atoms with Crippen molar-refractivity contribution in [1.29, 1.82) is 0 Å². The quantitative estimate of drug-likeness (QED) is 0.746. The smallest absolute Gasteiger partial charge is 0.125 e. The zero-order valence-corrected chi connectivity index (χ0v) is 15.9. The minimum atomic E-state index is -0.192. The number of ether oxygens (including phenoxy) is 1. The fourth-order valence-corrected chi connectivity index (χ4v) is 5.11. The number of methoxy groups -OCH3 is 1. The molecular formula is C21H30FN3O. The van der Waals surface area contributed by atoms with Gasteiger partial charge in [-0.05, 0) is 62.1 Å². The van der Waals surface area contributed by atoms with Crippen LogP contribution in [-0.4, -0.2) is 47.0 Å². The summed E-state index contributed by atoms with van der Waals surface area (Å²) in [5, 5.41) is 5.50. The molecule has 4 rings (SSSR count). The molecular weight excluding hydrogens is 329 g/mol. The van der Waals surface area contributed by atoms with Gasteiger partial charge in [-0.2, -0.15) is 5.10 Å². The monoisotopic (exact) mass is 359 g/mol. The molecule has 4 atom stereocenters. The Labute approximate surface area is 155 Å². The Balaban J connectivity index is 1.38. The third-order valence-corrected chi connectivity index (χ3v) is 6.33. The van der Waals surface area contributed by atoms with Gasteiger partial charge in [-0.15, -0.1) is 0 Å². The van der Waals surface area contributed by atoms with Gasteiger partial charge in [-0.25, -0.2) is 4.39 Å². The minimum absolute atomic E-state index is 0.192. The predicted molar refractivity (Wildman–Crippen MR) is 102 cm³/mol. The Morgan fingerprint density at radius 2 is 2.00 bits per heavy atom. The number of aromatic nitrogens is 2. The van der Waals surface area contributed by atoms with E-state index in [0.717, 1.165) is 48.6 Å². The van der Waals surface area contributed by atoms with Crippen molar-refractivity contribution in [2.45, 2.75) is 57.7 Å². The summed E-state index contributed by atoms with van der Waals surface area (Å²) in [7, 11) is 1.80. The number of piperidine rings is 1. The maximum Gasteiger partial charge on any atom is 0.125 e. The molecule has 1 aromatic carbocycles. The number of nitrogens with zero attached hydrogens (tertiary/aromatic N) is 3. The summed E-state index contributed by atoms with van der Waals surface area (Å²) in [6.45, 7) is 5.14. The van der Waals surface area contributed by atoms with E-state index in [1.165, 1.54) is 38.2 Å². The number of fused-ring (bicyclic) bond motifs is 3. The molecule has 0 spiro atoms. The van der Waals surface area contributed by atoms with Crippen LogP contribution >= 0.6 is 0 Å². The lowest BCUT2D eigenvalue weighted by Gasteiger charge is -2.40. The summed E-state index contributed by atoms with van der Waals surface area (Å²) in [6.07, 6.45) is 8.38. The van der Waals surface area contributed by atoms with Crippen molar-refractivity contribution < 1.29 is 9.13 Å². The second-order valence-corrected chi connectivity index (χ2v) is 8.34. The molecule has 0 radical (unpaired) electrons. The molecule has 0 aliphatic carbocycles. The van der Waals surface area contributed by atoms with Gasteiger partial charge in [0.25, 0.3) is 0 Å². The predicted octanol–water partition coefficient (Wildman–Crippen LogP) is 4.09. The van der Waals surface area contributed by atoms with Crippen molar-refractivity contribution in [3.05, 3.63) is 30.2 Å². The van der Waals surface area contributed by atoms with Crippen LogP contribution in [-0.2, 0) is 11.3 Å². The second kappa shape index (κ2) is 7.65. The molecule has 5 heteroatoms. The zero-order valence-electron chi connectivity index (χ0n) is 15.9. The van der Waals surface area contributed by atoms with Gasteiger partial charge in [-0.1, -0.05) is 6.92 Å². The van der Waals surface area contributed by atoms with Crippen LogP contribution in [0, 0.1) is 17.7 Å². The molecule has 26 heavy (non-hydrogen) atoms. The maximum absolute atomic E-state index is 13.6. The number of hydrogen-bond donors (Lipinski definition) is 0. The van der Waals surface area contributed by atoms with Gasteiger partial charge in [0, 0.05) is 44.3 Å².